The summed E-state index contributed by atoms with van der Waals surface area (Å²) in [6.07, 6.45) is 5.04. The van der Waals surface area contributed by atoms with Crippen LogP contribution in [0.2, 0.25) is 5.02 Å². The van der Waals surface area contributed by atoms with Gasteiger partial charge in [-0.25, -0.2) is 0 Å². The molecule has 3 amide bonds. The lowest BCUT2D eigenvalue weighted by atomic mass is 9.66. The second-order valence-corrected chi connectivity index (χ2v) is 14.4. The number of para-hydroxylation sites is 1. The number of ether oxygens (including phenoxy) is 1. The van der Waals surface area contributed by atoms with Gasteiger partial charge in [-0.2, -0.15) is 0 Å². The molecule has 2 aromatic rings. The van der Waals surface area contributed by atoms with Crippen LogP contribution in [0.5, 0.6) is 5.75 Å². The van der Waals surface area contributed by atoms with Crippen LogP contribution in [0.15, 0.2) is 73.8 Å². The lowest BCUT2D eigenvalue weighted by Crippen LogP contribution is -2.57. The van der Waals surface area contributed by atoms with Crippen LogP contribution in [-0.2, 0) is 14.4 Å². The van der Waals surface area contributed by atoms with E-state index in [0.717, 1.165) is 0 Å². The smallest absolute Gasteiger partial charge is 0.251 e. The number of aliphatic hydroxyl groups excluding tert-OH is 1. The average molecular weight is 652 g/mol. The van der Waals surface area contributed by atoms with E-state index in [1.165, 1.54) is 0 Å². The summed E-state index contributed by atoms with van der Waals surface area (Å²) in [5.41, 5.74) is 1.21. The van der Waals surface area contributed by atoms with E-state index >= 15 is 0 Å². The van der Waals surface area contributed by atoms with Crippen LogP contribution >= 0.6 is 23.4 Å². The summed E-state index contributed by atoms with van der Waals surface area (Å²) in [6, 6.07) is 13.0. The molecule has 240 valence electrons. The van der Waals surface area contributed by atoms with Gasteiger partial charge in [0.15, 0.2) is 0 Å². The molecule has 1 spiro atoms. The number of amides is 3. The van der Waals surface area contributed by atoms with Gasteiger partial charge in [-0.3, -0.25) is 14.4 Å². The maximum absolute atomic E-state index is 14.8. The minimum Gasteiger partial charge on any atom is -0.494 e. The maximum Gasteiger partial charge on any atom is 0.251 e. The van der Waals surface area contributed by atoms with Crippen molar-refractivity contribution in [2.45, 2.75) is 61.6 Å². The Labute approximate surface area is 275 Å². The number of aliphatic hydroxyl groups is 1. The monoisotopic (exact) mass is 651 g/mol. The molecule has 1 N–H and O–H groups in total. The molecule has 3 aliphatic rings. The largest absolute Gasteiger partial charge is 0.494 e. The predicted molar refractivity (Wildman–Crippen MR) is 181 cm³/mol. The fourth-order valence-corrected chi connectivity index (χ4v) is 10.2. The lowest BCUT2D eigenvalue weighted by Gasteiger charge is -2.39. The van der Waals surface area contributed by atoms with Gasteiger partial charge < -0.3 is 24.5 Å². The van der Waals surface area contributed by atoms with E-state index in [9.17, 15) is 19.5 Å². The molecule has 0 aromatic heterocycles. The van der Waals surface area contributed by atoms with Crippen molar-refractivity contribution in [3.63, 3.8) is 0 Å². The molecular formula is C35H42ClN3O5S. The van der Waals surface area contributed by atoms with Gasteiger partial charge in [0.2, 0.25) is 11.8 Å². The Bertz CT molecular complexity index is 1470. The summed E-state index contributed by atoms with van der Waals surface area (Å²) >= 11 is 8.19. The Kier molecular flexibility index (Phi) is 9.73. The summed E-state index contributed by atoms with van der Waals surface area (Å²) < 4.78 is 4.18. The van der Waals surface area contributed by atoms with Crippen LogP contribution in [0.3, 0.4) is 0 Å². The molecular weight excluding hydrogens is 610 g/mol. The number of rotatable bonds is 13. The Balaban J connectivity index is 1.60. The molecule has 8 nitrogen and oxygen atoms in total. The van der Waals surface area contributed by atoms with Crippen LogP contribution in [0.25, 0.3) is 0 Å². The second-order valence-electron chi connectivity index (χ2n) is 12.1. The van der Waals surface area contributed by atoms with E-state index in [4.69, 9.17) is 16.3 Å². The van der Waals surface area contributed by atoms with Gasteiger partial charge in [0.1, 0.15) is 11.8 Å². The Morgan fingerprint density at radius 3 is 2.36 bits per heavy atom. The van der Waals surface area contributed by atoms with E-state index < -0.39 is 33.4 Å². The highest BCUT2D eigenvalue weighted by atomic mass is 35.5. The second kappa shape index (κ2) is 13.2. The van der Waals surface area contributed by atoms with E-state index in [0.29, 0.717) is 48.0 Å². The molecule has 0 saturated carbocycles. The minimum absolute atomic E-state index is 0.173. The van der Waals surface area contributed by atoms with Gasteiger partial charge in [-0.05, 0) is 69.5 Å². The van der Waals surface area contributed by atoms with Gasteiger partial charge in [0.25, 0.3) is 5.91 Å². The number of benzene rings is 2. The number of hydrogen-bond donors (Lipinski definition) is 1. The highest BCUT2D eigenvalue weighted by Gasteiger charge is 2.78. The van der Waals surface area contributed by atoms with Crippen molar-refractivity contribution in [3.05, 3.63) is 78.9 Å². The summed E-state index contributed by atoms with van der Waals surface area (Å²) in [5, 5.41) is 10.9. The van der Waals surface area contributed by atoms with Crippen LogP contribution in [0.4, 0.5) is 11.4 Å². The van der Waals surface area contributed by atoms with E-state index in [1.54, 1.807) is 56.8 Å². The first-order valence-electron chi connectivity index (χ1n) is 15.6. The highest BCUT2D eigenvalue weighted by molar-refractivity contribution is 8.02. The molecule has 10 heteroatoms. The molecule has 3 aliphatic heterocycles. The molecule has 6 atom stereocenters. The van der Waals surface area contributed by atoms with E-state index in [1.807, 2.05) is 44.2 Å². The fourth-order valence-electron chi connectivity index (χ4n) is 7.59. The number of nitrogens with zero attached hydrogens (tertiary/aromatic N) is 3. The molecule has 3 saturated heterocycles. The molecule has 3 heterocycles. The first-order valence-corrected chi connectivity index (χ1v) is 16.8. The molecule has 0 radical (unpaired) electrons. The number of hydrogen-bond acceptors (Lipinski definition) is 6. The van der Waals surface area contributed by atoms with E-state index in [2.05, 4.69) is 20.1 Å². The summed E-state index contributed by atoms with van der Waals surface area (Å²) in [5.74, 6) is -1.44. The highest BCUT2D eigenvalue weighted by Crippen LogP contribution is 2.72. The third-order valence-electron chi connectivity index (χ3n) is 9.55. The normalized spacial score (nSPS) is 27.2. The number of carbonyl (C=O) groups is 3. The SMILES string of the molecule is C=CCN(C(=O)[C@@H]1[C@H]2C(=O)N([C@@H](CC)CO)C(C(=O)N(CC=C)c3ccccc3Cl)C23CC[C@@]1(C)S3)c1ccc(OCC)cc1. The van der Waals surface area contributed by atoms with Gasteiger partial charge in [0.05, 0.1) is 46.5 Å². The topological polar surface area (TPSA) is 90.4 Å². The van der Waals surface area contributed by atoms with Crippen molar-refractivity contribution in [1.82, 2.24) is 4.90 Å². The van der Waals surface area contributed by atoms with Gasteiger partial charge in [-0.15, -0.1) is 24.9 Å². The van der Waals surface area contributed by atoms with Gasteiger partial charge in [-0.1, -0.05) is 42.8 Å². The van der Waals surface area contributed by atoms with Crippen LogP contribution in [0.1, 0.15) is 40.0 Å². The zero-order valence-corrected chi connectivity index (χ0v) is 27.7. The van der Waals surface area contributed by atoms with Crippen molar-refractivity contribution in [2.24, 2.45) is 11.8 Å². The number of anilines is 2. The van der Waals surface area contributed by atoms with Crippen LogP contribution < -0.4 is 14.5 Å². The maximum atomic E-state index is 14.8. The molecule has 45 heavy (non-hydrogen) atoms. The predicted octanol–water partition coefficient (Wildman–Crippen LogP) is 5.73. The van der Waals surface area contributed by atoms with Gasteiger partial charge in [0, 0.05) is 23.5 Å². The molecule has 3 fully saturated rings. The van der Waals surface area contributed by atoms with Gasteiger partial charge >= 0.3 is 0 Å². The fraction of sp³-hybridized carbons (Fsp3) is 0.457. The number of fused-ring (bicyclic) bond motifs is 1. The number of carbonyl (C=O) groups excluding carboxylic acids is 3. The van der Waals surface area contributed by atoms with E-state index in [-0.39, 0.29) is 37.4 Å². The summed E-state index contributed by atoms with van der Waals surface area (Å²) in [6.45, 7) is 14.3. The third-order valence-corrected chi connectivity index (χ3v) is 11.9. The number of likely N-dealkylation sites (tertiary alicyclic amines) is 1. The summed E-state index contributed by atoms with van der Waals surface area (Å²) in [7, 11) is 0. The third kappa shape index (κ3) is 5.47. The number of thioether (sulfide) groups is 1. The Morgan fingerprint density at radius 1 is 1.09 bits per heavy atom. The Morgan fingerprint density at radius 2 is 1.76 bits per heavy atom. The molecule has 2 bridgehead atoms. The first kappa shape index (κ1) is 33.1. The zero-order chi connectivity index (χ0) is 32.5. The lowest BCUT2D eigenvalue weighted by molar-refractivity contribution is -0.142. The number of halogens is 1. The molecule has 2 aromatic carbocycles. The summed E-state index contributed by atoms with van der Waals surface area (Å²) in [4.78, 5) is 49.1. The van der Waals surface area contributed by atoms with Crippen molar-refractivity contribution in [3.8, 4) is 5.75 Å². The first-order chi connectivity index (χ1) is 21.6. The average Bonchev–Trinajstić information content (AvgIpc) is 3.60. The zero-order valence-electron chi connectivity index (χ0n) is 26.2. The van der Waals surface area contributed by atoms with Crippen molar-refractivity contribution in [2.75, 3.05) is 36.1 Å². The van der Waals surface area contributed by atoms with Crippen molar-refractivity contribution < 1.29 is 24.2 Å². The van der Waals surface area contributed by atoms with Crippen molar-refractivity contribution in [1.29, 1.82) is 0 Å². The quantitative estimate of drug-likeness (QED) is 0.278. The standard InChI is InChI=1S/C35H42ClN3O5S/c1-6-20-37(24-14-16-25(17-15-24)44-9-4)31(41)28-29-32(42)39(23(8-3)22-40)30(35(29)19-18-34(28,5)45-35)33(43)38(21-7-2)27-13-11-10-12-26(27)36/h6-7,10-17,23,28-30,40H,1-2,8-9,18-22H2,3-5H3/t23-,28-,29-,30?,34+,35?/m0/s1. The molecule has 2 unspecified atom stereocenters. The minimum atomic E-state index is -0.897. The molecule has 5 rings (SSSR count). The molecule has 0 aliphatic carbocycles. The Hall–Kier alpha value is -3.27. The van der Waals surface area contributed by atoms with Crippen molar-refractivity contribution >= 4 is 52.5 Å². The van der Waals surface area contributed by atoms with Crippen LogP contribution in [-0.4, -0.2) is 75.6 Å². The van der Waals surface area contributed by atoms with Crippen LogP contribution in [0, 0.1) is 11.8 Å².